The molecule has 3 rings (SSSR count). The predicted octanol–water partition coefficient (Wildman–Crippen LogP) is 3.62. The van der Waals surface area contributed by atoms with Crippen LogP contribution in [0.15, 0.2) is 29.6 Å². The zero-order valence-corrected chi connectivity index (χ0v) is 17.1. The van der Waals surface area contributed by atoms with Crippen molar-refractivity contribution >= 4 is 23.2 Å². The van der Waals surface area contributed by atoms with Crippen LogP contribution in [0, 0.1) is 11.7 Å². The molecule has 0 atom stereocenters. The van der Waals surface area contributed by atoms with Gasteiger partial charge in [0.15, 0.2) is 0 Å². The zero-order chi connectivity index (χ0) is 20.1. The molecule has 0 radical (unpaired) electrons. The third-order valence-electron chi connectivity index (χ3n) is 4.98. The molecule has 0 spiro atoms. The number of nitrogens with one attached hydrogen (secondary N) is 1. The number of benzene rings is 1. The van der Waals surface area contributed by atoms with Crippen molar-refractivity contribution in [2.75, 3.05) is 19.6 Å². The second kappa shape index (κ2) is 9.28. The van der Waals surface area contributed by atoms with Gasteiger partial charge in [-0.05, 0) is 31.0 Å². The second-order valence-electron chi connectivity index (χ2n) is 7.45. The summed E-state index contributed by atoms with van der Waals surface area (Å²) in [5, 5.41) is 6.07. The van der Waals surface area contributed by atoms with E-state index in [9.17, 15) is 14.0 Å². The van der Waals surface area contributed by atoms with Crippen LogP contribution in [-0.2, 0) is 11.2 Å². The molecule has 0 unspecified atom stereocenters. The zero-order valence-electron chi connectivity index (χ0n) is 16.3. The van der Waals surface area contributed by atoms with Crippen molar-refractivity contribution in [1.82, 2.24) is 15.2 Å². The number of thiazole rings is 1. The molecule has 2 aromatic rings. The topological polar surface area (TPSA) is 62.3 Å². The number of likely N-dealkylation sites (tertiary alicyclic amines) is 1. The Kier molecular flexibility index (Phi) is 6.78. The van der Waals surface area contributed by atoms with E-state index in [1.165, 1.54) is 12.1 Å². The van der Waals surface area contributed by atoms with Gasteiger partial charge in [-0.15, -0.1) is 11.3 Å². The van der Waals surface area contributed by atoms with Crippen LogP contribution in [0.1, 0.15) is 53.7 Å². The third-order valence-corrected chi connectivity index (χ3v) is 6.03. The molecule has 1 aliphatic rings. The molecular weight excluding hydrogens is 377 g/mol. The van der Waals surface area contributed by atoms with E-state index in [1.807, 2.05) is 13.8 Å². The van der Waals surface area contributed by atoms with Crippen LogP contribution in [0.4, 0.5) is 4.39 Å². The number of piperidine rings is 1. The summed E-state index contributed by atoms with van der Waals surface area (Å²) < 4.78 is 13.4. The van der Waals surface area contributed by atoms with Gasteiger partial charge in [0.1, 0.15) is 5.82 Å². The lowest BCUT2D eigenvalue weighted by Crippen LogP contribution is -2.37. The van der Waals surface area contributed by atoms with Crippen LogP contribution >= 0.6 is 11.3 Å². The van der Waals surface area contributed by atoms with Gasteiger partial charge in [0, 0.05) is 48.8 Å². The molecule has 2 heterocycles. The van der Waals surface area contributed by atoms with Crippen molar-refractivity contribution in [3.05, 3.63) is 51.7 Å². The van der Waals surface area contributed by atoms with Crippen molar-refractivity contribution in [3.8, 4) is 0 Å². The van der Waals surface area contributed by atoms with Gasteiger partial charge >= 0.3 is 0 Å². The summed E-state index contributed by atoms with van der Waals surface area (Å²) in [4.78, 5) is 30.7. The number of carbonyl (C=O) groups excluding carboxylic acids is 2. The van der Waals surface area contributed by atoms with Crippen LogP contribution in [0.5, 0.6) is 0 Å². The molecule has 1 aliphatic heterocycles. The van der Waals surface area contributed by atoms with Crippen LogP contribution in [0.25, 0.3) is 0 Å². The minimum Gasteiger partial charge on any atom is -0.355 e. The number of amides is 2. The molecule has 0 saturated carbocycles. The Morgan fingerprint density at radius 1 is 1.32 bits per heavy atom. The van der Waals surface area contributed by atoms with Crippen molar-refractivity contribution < 1.29 is 14.0 Å². The molecular formula is C21H26FN3O2S. The van der Waals surface area contributed by atoms with Crippen LogP contribution in [0.2, 0.25) is 0 Å². The smallest absolute Gasteiger partial charge is 0.253 e. The van der Waals surface area contributed by atoms with Gasteiger partial charge in [-0.25, -0.2) is 9.37 Å². The average molecular weight is 404 g/mol. The summed E-state index contributed by atoms with van der Waals surface area (Å²) in [6.07, 6.45) is 2.45. The first-order valence-electron chi connectivity index (χ1n) is 9.71. The molecule has 1 N–H and O–H groups in total. The molecule has 0 aliphatic carbocycles. The quantitative estimate of drug-likeness (QED) is 0.801. The van der Waals surface area contributed by atoms with Crippen LogP contribution in [-0.4, -0.2) is 41.3 Å². The predicted molar refractivity (Wildman–Crippen MR) is 108 cm³/mol. The Balaban J connectivity index is 1.49. The van der Waals surface area contributed by atoms with E-state index in [1.54, 1.807) is 28.4 Å². The molecule has 0 bridgehead atoms. The highest BCUT2D eigenvalue weighted by atomic mass is 32.1. The van der Waals surface area contributed by atoms with E-state index in [0.717, 1.165) is 30.0 Å². The summed E-state index contributed by atoms with van der Waals surface area (Å²) in [5.41, 5.74) is 1.40. The first-order chi connectivity index (χ1) is 13.4. The number of carbonyl (C=O) groups is 2. The Morgan fingerprint density at radius 2 is 2.07 bits per heavy atom. The minimum atomic E-state index is -0.388. The Labute approximate surface area is 169 Å². The molecule has 7 heteroatoms. The van der Waals surface area contributed by atoms with E-state index in [-0.39, 0.29) is 23.5 Å². The highest BCUT2D eigenvalue weighted by molar-refractivity contribution is 7.09. The highest BCUT2D eigenvalue weighted by Crippen LogP contribution is 2.31. The maximum Gasteiger partial charge on any atom is 0.253 e. The SMILES string of the molecule is CC(C)C(=O)NCCc1csc(C2CCN(C(=O)c3cccc(F)c3)CC2)n1. The molecule has 150 valence electrons. The van der Waals surface area contributed by atoms with Crippen molar-refractivity contribution in [1.29, 1.82) is 0 Å². The summed E-state index contributed by atoms with van der Waals surface area (Å²) >= 11 is 1.65. The lowest BCUT2D eigenvalue weighted by Gasteiger charge is -2.31. The highest BCUT2D eigenvalue weighted by Gasteiger charge is 2.26. The fraction of sp³-hybridized carbons (Fsp3) is 0.476. The van der Waals surface area contributed by atoms with Gasteiger partial charge in [-0.3, -0.25) is 9.59 Å². The monoisotopic (exact) mass is 403 g/mol. The van der Waals surface area contributed by atoms with Gasteiger partial charge in [-0.1, -0.05) is 19.9 Å². The second-order valence-corrected chi connectivity index (χ2v) is 8.34. The third kappa shape index (κ3) is 5.16. The van der Waals surface area contributed by atoms with E-state index >= 15 is 0 Å². The molecule has 1 fully saturated rings. The fourth-order valence-electron chi connectivity index (χ4n) is 3.28. The number of rotatable bonds is 6. The summed E-state index contributed by atoms with van der Waals surface area (Å²) in [6, 6.07) is 5.86. The molecule has 1 aromatic heterocycles. The van der Waals surface area contributed by atoms with Gasteiger partial charge in [0.05, 0.1) is 10.7 Å². The Hall–Kier alpha value is -2.28. The van der Waals surface area contributed by atoms with Crippen LogP contribution < -0.4 is 5.32 Å². The lowest BCUT2D eigenvalue weighted by atomic mass is 9.97. The fourth-order valence-corrected chi connectivity index (χ4v) is 4.30. The first kappa shape index (κ1) is 20.5. The van der Waals surface area contributed by atoms with E-state index in [4.69, 9.17) is 4.98 Å². The number of hydrogen-bond donors (Lipinski definition) is 1. The summed E-state index contributed by atoms with van der Waals surface area (Å²) in [5.74, 6) is -0.100. The average Bonchev–Trinajstić information content (AvgIpc) is 3.16. The lowest BCUT2D eigenvalue weighted by molar-refractivity contribution is -0.123. The van der Waals surface area contributed by atoms with Gasteiger partial charge in [-0.2, -0.15) is 0 Å². The van der Waals surface area contributed by atoms with Gasteiger partial charge in [0.25, 0.3) is 5.91 Å². The molecule has 2 amide bonds. The first-order valence-corrected chi connectivity index (χ1v) is 10.6. The normalized spacial score (nSPS) is 15.1. The summed E-state index contributed by atoms with van der Waals surface area (Å²) in [7, 11) is 0. The molecule has 28 heavy (non-hydrogen) atoms. The van der Waals surface area contributed by atoms with Crippen molar-refractivity contribution in [2.24, 2.45) is 5.92 Å². The molecule has 1 aromatic carbocycles. The number of nitrogens with zero attached hydrogens (tertiary/aromatic N) is 2. The van der Waals surface area contributed by atoms with Crippen molar-refractivity contribution in [3.63, 3.8) is 0 Å². The maximum absolute atomic E-state index is 13.4. The van der Waals surface area contributed by atoms with E-state index in [2.05, 4.69) is 10.7 Å². The van der Waals surface area contributed by atoms with Crippen molar-refractivity contribution in [2.45, 2.75) is 39.0 Å². The number of halogens is 1. The molecule has 5 nitrogen and oxygen atoms in total. The number of aromatic nitrogens is 1. The van der Waals surface area contributed by atoms with Gasteiger partial charge < -0.3 is 10.2 Å². The van der Waals surface area contributed by atoms with Crippen LogP contribution in [0.3, 0.4) is 0 Å². The van der Waals surface area contributed by atoms with E-state index < -0.39 is 0 Å². The standard InChI is InChI=1S/C21H26FN3O2S/c1-14(2)19(26)23-9-6-18-13-28-20(24-18)15-7-10-25(11-8-15)21(27)16-4-3-5-17(22)12-16/h3-5,12-15H,6-11H2,1-2H3,(H,23,26). The minimum absolute atomic E-state index is 0.00808. The molecule has 1 saturated heterocycles. The van der Waals surface area contributed by atoms with Gasteiger partial charge in [0.2, 0.25) is 5.91 Å². The maximum atomic E-state index is 13.4. The Morgan fingerprint density at radius 3 is 2.75 bits per heavy atom. The largest absolute Gasteiger partial charge is 0.355 e. The Bertz CT molecular complexity index is 829. The summed E-state index contributed by atoms with van der Waals surface area (Å²) in [6.45, 7) is 5.66. The number of hydrogen-bond acceptors (Lipinski definition) is 4. The van der Waals surface area contributed by atoms with E-state index in [0.29, 0.717) is 31.1 Å².